The predicted octanol–water partition coefficient (Wildman–Crippen LogP) is 3.52. The summed E-state index contributed by atoms with van der Waals surface area (Å²) in [6.45, 7) is 6.23. The van der Waals surface area contributed by atoms with Gasteiger partial charge in [0.15, 0.2) is 5.83 Å². The lowest BCUT2D eigenvalue weighted by Gasteiger charge is -2.15. The van der Waals surface area contributed by atoms with Gasteiger partial charge in [0.2, 0.25) is 0 Å². The molecule has 0 aromatic heterocycles. The van der Waals surface area contributed by atoms with Crippen LogP contribution in [0.15, 0.2) is 12.4 Å². The Labute approximate surface area is 76.6 Å². The molecule has 0 rings (SSSR count). The molecule has 0 amide bonds. The molecule has 0 aromatic carbocycles. The van der Waals surface area contributed by atoms with Crippen molar-refractivity contribution in [2.24, 2.45) is 5.92 Å². The van der Waals surface area contributed by atoms with Gasteiger partial charge in [-0.2, -0.15) is 8.78 Å². The third kappa shape index (κ3) is 4.93. The molecule has 0 aromatic rings. The molecule has 4 heteroatoms. The summed E-state index contributed by atoms with van der Waals surface area (Å²) in [5.41, 5.74) is 0. The van der Waals surface area contributed by atoms with Crippen LogP contribution in [0.4, 0.5) is 13.2 Å². The first-order chi connectivity index (χ1) is 5.90. The Morgan fingerprint density at radius 1 is 1.54 bits per heavy atom. The number of rotatable bonds is 6. The summed E-state index contributed by atoms with van der Waals surface area (Å²) in [7, 11) is 0. The van der Waals surface area contributed by atoms with Crippen LogP contribution in [0, 0.1) is 5.92 Å². The van der Waals surface area contributed by atoms with Crippen molar-refractivity contribution in [2.45, 2.75) is 32.8 Å². The highest BCUT2D eigenvalue weighted by atomic mass is 19.3. The number of hydrogen-bond donors (Lipinski definition) is 0. The van der Waals surface area contributed by atoms with Crippen LogP contribution >= 0.6 is 0 Å². The quantitative estimate of drug-likeness (QED) is 0.631. The summed E-state index contributed by atoms with van der Waals surface area (Å²) >= 11 is 0. The van der Waals surface area contributed by atoms with Gasteiger partial charge in [-0.1, -0.05) is 26.8 Å². The molecule has 0 aliphatic carbocycles. The van der Waals surface area contributed by atoms with Crippen LogP contribution in [0.25, 0.3) is 0 Å². The van der Waals surface area contributed by atoms with Crippen molar-refractivity contribution >= 4 is 0 Å². The molecule has 78 valence electrons. The Hall–Kier alpha value is -0.510. The molecule has 0 aliphatic heterocycles. The summed E-state index contributed by atoms with van der Waals surface area (Å²) in [4.78, 5) is 0. The number of hydrogen-bond acceptors (Lipinski definition) is 1. The zero-order chi connectivity index (χ0) is 10.5. The van der Waals surface area contributed by atoms with Crippen molar-refractivity contribution in [3.05, 3.63) is 12.4 Å². The van der Waals surface area contributed by atoms with E-state index in [-0.39, 0.29) is 6.61 Å². The number of alkyl halides is 2. The summed E-state index contributed by atoms with van der Waals surface area (Å²) in [6, 6.07) is 0. The molecule has 0 saturated heterocycles. The Morgan fingerprint density at radius 3 is 2.46 bits per heavy atom. The van der Waals surface area contributed by atoms with E-state index in [9.17, 15) is 13.2 Å². The molecule has 0 fully saturated rings. The molecular formula is C9H15F3O. The zero-order valence-electron chi connectivity index (χ0n) is 7.95. The van der Waals surface area contributed by atoms with E-state index in [4.69, 9.17) is 0 Å². The van der Waals surface area contributed by atoms with Gasteiger partial charge in [-0.3, -0.25) is 0 Å². The first kappa shape index (κ1) is 12.5. The Morgan fingerprint density at radius 2 is 2.08 bits per heavy atom. The highest BCUT2D eigenvalue weighted by Gasteiger charge is 2.34. The van der Waals surface area contributed by atoms with Crippen LogP contribution in [-0.4, -0.2) is 12.7 Å². The van der Waals surface area contributed by atoms with Gasteiger partial charge in [0.25, 0.3) is 0 Å². The topological polar surface area (TPSA) is 9.23 Å². The van der Waals surface area contributed by atoms with E-state index < -0.39 is 11.9 Å². The summed E-state index contributed by atoms with van der Waals surface area (Å²) in [5, 5.41) is 0. The molecule has 1 nitrogen and oxygen atoms in total. The van der Waals surface area contributed by atoms with Gasteiger partial charge in [0.1, 0.15) is 0 Å². The van der Waals surface area contributed by atoms with Crippen LogP contribution in [0.1, 0.15) is 26.7 Å². The van der Waals surface area contributed by atoms with Crippen LogP contribution in [0.3, 0.4) is 0 Å². The first-order valence-electron chi connectivity index (χ1n) is 4.26. The van der Waals surface area contributed by atoms with E-state index in [1.54, 1.807) is 0 Å². The molecule has 0 radical (unpaired) electrons. The molecule has 13 heavy (non-hydrogen) atoms. The summed E-state index contributed by atoms with van der Waals surface area (Å²) < 4.78 is 40.9. The van der Waals surface area contributed by atoms with Crippen molar-refractivity contribution < 1.29 is 17.9 Å². The van der Waals surface area contributed by atoms with Crippen LogP contribution in [-0.2, 0) is 4.74 Å². The summed E-state index contributed by atoms with van der Waals surface area (Å²) in [6.07, 6.45) is -2.43. The van der Waals surface area contributed by atoms with E-state index in [0.29, 0.717) is 12.3 Å². The van der Waals surface area contributed by atoms with Crippen molar-refractivity contribution in [1.82, 2.24) is 0 Å². The first-order valence-corrected chi connectivity index (χ1v) is 4.26. The van der Waals surface area contributed by atoms with Crippen molar-refractivity contribution in [1.29, 1.82) is 0 Å². The lowest BCUT2D eigenvalue weighted by atomic mass is 10.1. The van der Waals surface area contributed by atoms with Gasteiger partial charge in [0, 0.05) is 0 Å². The standard InChI is InChI=1S/C9H15F3O/c1-4-7(2)5-6-13-9(11,12)8(3)10/h7H,3-6H2,1-2H3. The molecule has 1 unspecified atom stereocenters. The maximum absolute atomic E-state index is 12.4. The van der Waals surface area contributed by atoms with Gasteiger partial charge >= 0.3 is 6.11 Å². The molecule has 0 saturated carbocycles. The van der Waals surface area contributed by atoms with Crippen LogP contribution < -0.4 is 0 Å². The number of ether oxygens (including phenoxy) is 1. The Bertz CT molecular complexity index is 168. The molecule has 1 atom stereocenters. The second kappa shape index (κ2) is 5.27. The maximum Gasteiger partial charge on any atom is 0.408 e. The van der Waals surface area contributed by atoms with Gasteiger partial charge in [-0.05, 0) is 12.3 Å². The van der Waals surface area contributed by atoms with Gasteiger partial charge in [-0.25, -0.2) is 4.39 Å². The van der Waals surface area contributed by atoms with Gasteiger partial charge in [0.05, 0.1) is 6.61 Å². The minimum atomic E-state index is -3.83. The largest absolute Gasteiger partial charge is 0.408 e. The third-order valence-corrected chi connectivity index (χ3v) is 1.91. The zero-order valence-corrected chi connectivity index (χ0v) is 7.95. The molecule has 0 aliphatic rings. The van der Waals surface area contributed by atoms with E-state index in [1.807, 2.05) is 13.8 Å². The second-order valence-corrected chi connectivity index (χ2v) is 3.07. The van der Waals surface area contributed by atoms with Crippen molar-refractivity contribution in [3.8, 4) is 0 Å². The average Bonchev–Trinajstić information content (AvgIpc) is 2.03. The number of halogens is 3. The fourth-order valence-electron chi connectivity index (χ4n) is 0.671. The van der Waals surface area contributed by atoms with E-state index in [1.165, 1.54) is 0 Å². The minimum absolute atomic E-state index is 0.148. The highest BCUT2D eigenvalue weighted by molar-refractivity contribution is 4.90. The fourth-order valence-corrected chi connectivity index (χ4v) is 0.671. The van der Waals surface area contributed by atoms with E-state index in [0.717, 1.165) is 6.42 Å². The van der Waals surface area contributed by atoms with Gasteiger partial charge in [-0.15, -0.1) is 0 Å². The third-order valence-electron chi connectivity index (χ3n) is 1.91. The van der Waals surface area contributed by atoms with E-state index in [2.05, 4.69) is 11.3 Å². The van der Waals surface area contributed by atoms with Crippen molar-refractivity contribution in [2.75, 3.05) is 6.61 Å². The molecule has 0 heterocycles. The molecule has 0 bridgehead atoms. The monoisotopic (exact) mass is 196 g/mol. The normalized spacial score (nSPS) is 14.2. The Kier molecular flexibility index (Phi) is 5.06. The fraction of sp³-hybridized carbons (Fsp3) is 0.778. The van der Waals surface area contributed by atoms with Crippen LogP contribution in [0.2, 0.25) is 0 Å². The van der Waals surface area contributed by atoms with Crippen LogP contribution in [0.5, 0.6) is 0 Å². The smallest absolute Gasteiger partial charge is 0.315 e. The van der Waals surface area contributed by atoms with E-state index >= 15 is 0 Å². The maximum atomic E-state index is 12.4. The average molecular weight is 196 g/mol. The molecule has 0 N–H and O–H groups in total. The van der Waals surface area contributed by atoms with Gasteiger partial charge < -0.3 is 4.74 Å². The lowest BCUT2D eigenvalue weighted by molar-refractivity contribution is -0.221. The minimum Gasteiger partial charge on any atom is -0.315 e. The summed E-state index contributed by atoms with van der Waals surface area (Å²) in [5.74, 6) is -1.43. The Balaban J connectivity index is 3.70. The highest BCUT2D eigenvalue weighted by Crippen LogP contribution is 2.25. The molecule has 0 spiro atoms. The SMILES string of the molecule is C=C(F)C(F)(F)OCCC(C)CC. The molecular weight excluding hydrogens is 181 g/mol. The van der Waals surface area contributed by atoms with Crippen molar-refractivity contribution in [3.63, 3.8) is 0 Å². The second-order valence-electron chi connectivity index (χ2n) is 3.07. The lowest BCUT2D eigenvalue weighted by Crippen LogP contribution is -2.22. The predicted molar refractivity (Wildman–Crippen MR) is 45.2 cm³/mol.